The van der Waals surface area contributed by atoms with E-state index in [0.29, 0.717) is 12.0 Å². The van der Waals surface area contributed by atoms with Gasteiger partial charge in [0.2, 0.25) is 0 Å². The van der Waals surface area contributed by atoms with Crippen LogP contribution in [0.15, 0.2) is 42.5 Å². The van der Waals surface area contributed by atoms with E-state index in [1.54, 1.807) is 0 Å². The van der Waals surface area contributed by atoms with E-state index in [1.807, 2.05) is 0 Å². The number of fused-ring (bicyclic) bond motifs is 1. The topological polar surface area (TPSA) is 15.3 Å². The average molecular weight is 284 g/mol. The van der Waals surface area contributed by atoms with Gasteiger partial charge in [-0.15, -0.1) is 0 Å². The van der Waals surface area contributed by atoms with Gasteiger partial charge in [-0.2, -0.15) is 0 Å². The van der Waals surface area contributed by atoms with Crippen molar-refractivity contribution in [3.63, 3.8) is 0 Å². The molecule has 2 aromatic rings. The van der Waals surface area contributed by atoms with Gasteiger partial charge in [-0.05, 0) is 35.8 Å². The first kappa shape index (κ1) is 16.0. The molecular weight excluding hydrogens is 256 g/mol. The highest BCUT2D eigenvalue weighted by atomic mass is 15.1. The average Bonchev–Trinajstić information content (AvgIpc) is 2.50. The quantitative estimate of drug-likeness (QED) is 0.824. The molecule has 0 bridgehead atoms. The Hall–Kier alpha value is -1.38. The zero-order valence-corrected chi connectivity index (χ0v) is 13.8. The summed E-state index contributed by atoms with van der Waals surface area (Å²) in [6.45, 7) is 10.1. The summed E-state index contributed by atoms with van der Waals surface area (Å²) in [6.07, 6.45) is 0. The number of hydrogen-bond donors (Lipinski definition) is 1. The molecule has 2 aromatic carbocycles. The standard InChI is InChI=1S/C19H28N2/c1-5-21(13-15(2)3)14-19(20-4)18-12-8-10-16-9-6-7-11-17(16)18/h6-12,15,19-20H,5,13-14H2,1-4H3. The normalized spacial score (nSPS) is 13.2. The first-order chi connectivity index (χ1) is 10.2. The third kappa shape index (κ3) is 4.05. The van der Waals surface area contributed by atoms with E-state index in [1.165, 1.54) is 16.3 Å². The molecule has 0 heterocycles. The smallest absolute Gasteiger partial charge is 0.0453 e. The van der Waals surface area contributed by atoms with Crippen molar-refractivity contribution in [2.45, 2.75) is 26.8 Å². The lowest BCUT2D eigenvalue weighted by molar-refractivity contribution is 0.232. The predicted molar refractivity (Wildman–Crippen MR) is 92.7 cm³/mol. The summed E-state index contributed by atoms with van der Waals surface area (Å²) in [5.41, 5.74) is 1.40. The van der Waals surface area contributed by atoms with Crippen LogP contribution < -0.4 is 5.32 Å². The maximum atomic E-state index is 3.51. The Morgan fingerprint density at radius 3 is 2.38 bits per heavy atom. The van der Waals surface area contributed by atoms with Crippen molar-refractivity contribution in [2.75, 3.05) is 26.7 Å². The number of benzene rings is 2. The fourth-order valence-electron chi connectivity index (χ4n) is 3.01. The lowest BCUT2D eigenvalue weighted by atomic mass is 9.98. The Balaban J connectivity index is 2.27. The third-order valence-corrected chi connectivity index (χ3v) is 4.06. The molecule has 114 valence electrons. The maximum absolute atomic E-state index is 3.51. The minimum Gasteiger partial charge on any atom is -0.312 e. The fraction of sp³-hybridized carbons (Fsp3) is 0.474. The van der Waals surface area contributed by atoms with Gasteiger partial charge in [-0.1, -0.05) is 63.2 Å². The molecule has 2 rings (SSSR count). The second-order valence-corrected chi connectivity index (χ2v) is 6.16. The zero-order valence-electron chi connectivity index (χ0n) is 13.8. The Labute approximate surface area is 129 Å². The van der Waals surface area contributed by atoms with E-state index in [-0.39, 0.29) is 0 Å². The van der Waals surface area contributed by atoms with Crippen LogP contribution in [0.2, 0.25) is 0 Å². The summed E-state index contributed by atoms with van der Waals surface area (Å²) >= 11 is 0. The number of nitrogens with zero attached hydrogens (tertiary/aromatic N) is 1. The Morgan fingerprint density at radius 1 is 1.00 bits per heavy atom. The van der Waals surface area contributed by atoms with E-state index in [0.717, 1.165) is 19.6 Å². The first-order valence-electron chi connectivity index (χ1n) is 8.03. The molecule has 0 aliphatic rings. The molecule has 0 radical (unpaired) electrons. The van der Waals surface area contributed by atoms with Gasteiger partial charge in [0.05, 0.1) is 0 Å². The van der Waals surface area contributed by atoms with Crippen molar-refractivity contribution in [1.82, 2.24) is 10.2 Å². The molecule has 21 heavy (non-hydrogen) atoms. The number of rotatable bonds is 7. The van der Waals surface area contributed by atoms with Crippen molar-refractivity contribution in [1.29, 1.82) is 0 Å². The van der Waals surface area contributed by atoms with Gasteiger partial charge in [0, 0.05) is 19.1 Å². The molecule has 2 nitrogen and oxygen atoms in total. The van der Waals surface area contributed by atoms with Crippen LogP contribution in [0.5, 0.6) is 0 Å². The van der Waals surface area contributed by atoms with Gasteiger partial charge >= 0.3 is 0 Å². The molecule has 0 spiro atoms. The molecule has 1 unspecified atom stereocenters. The number of likely N-dealkylation sites (N-methyl/N-ethyl adjacent to an activating group) is 2. The van der Waals surface area contributed by atoms with Crippen LogP contribution in [0, 0.1) is 5.92 Å². The van der Waals surface area contributed by atoms with Crippen LogP contribution in [0.25, 0.3) is 10.8 Å². The lowest BCUT2D eigenvalue weighted by Crippen LogP contribution is -2.36. The van der Waals surface area contributed by atoms with E-state index in [2.05, 4.69) is 80.5 Å². The van der Waals surface area contributed by atoms with E-state index >= 15 is 0 Å². The third-order valence-electron chi connectivity index (χ3n) is 4.06. The molecule has 2 heteroatoms. The zero-order chi connectivity index (χ0) is 15.2. The molecule has 1 atom stereocenters. The van der Waals surface area contributed by atoms with E-state index in [9.17, 15) is 0 Å². The van der Waals surface area contributed by atoms with Gasteiger partial charge in [0.15, 0.2) is 0 Å². The second-order valence-electron chi connectivity index (χ2n) is 6.16. The van der Waals surface area contributed by atoms with E-state index in [4.69, 9.17) is 0 Å². The summed E-state index contributed by atoms with van der Waals surface area (Å²) in [6, 6.07) is 15.6. The fourth-order valence-corrected chi connectivity index (χ4v) is 3.01. The molecular formula is C19H28N2. The lowest BCUT2D eigenvalue weighted by Gasteiger charge is -2.28. The van der Waals surface area contributed by atoms with Crippen molar-refractivity contribution >= 4 is 10.8 Å². The van der Waals surface area contributed by atoms with Gasteiger partial charge < -0.3 is 10.2 Å². The minimum absolute atomic E-state index is 0.370. The molecule has 0 aliphatic heterocycles. The van der Waals surface area contributed by atoms with Gasteiger partial charge in [0.1, 0.15) is 0 Å². The second kappa shape index (κ2) is 7.58. The highest BCUT2D eigenvalue weighted by Gasteiger charge is 2.16. The number of hydrogen-bond acceptors (Lipinski definition) is 2. The molecule has 0 aliphatic carbocycles. The SMILES string of the molecule is CCN(CC(C)C)CC(NC)c1cccc2ccccc12. The first-order valence-corrected chi connectivity index (χ1v) is 8.03. The Kier molecular flexibility index (Phi) is 5.77. The van der Waals surface area contributed by atoms with Crippen molar-refractivity contribution in [3.8, 4) is 0 Å². The summed E-state index contributed by atoms with van der Waals surface area (Å²) < 4.78 is 0. The van der Waals surface area contributed by atoms with Crippen LogP contribution in [-0.4, -0.2) is 31.6 Å². The summed E-state index contributed by atoms with van der Waals surface area (Å²) in [5, 5.41) is 6.19. The van der Waals surface area contributed by atoms with Gasteiger partial charge in [-0.25, -0.2) is 0 Å². The molecule has 1 N–H and O–H groups in total. The van der Waals surface area contributed by atoms with Crippen LogP contribution in [0.4, 0.5) is 0 Å². The summed E-state index contributed by atoms with van der Waals surface area (Å²) in [7, 11) is 2.07. The largest absolute Gasteiger partial charge is 0.312 e. The van der Waals surface area contributed by atoms with Crippen LogP contribution in [0.1, 0.15) is 32.4 Å². The molecule has 0 fully saturated rings. The highest BCUT2D eigenvalue weighted by molar-refractivity contribution is 5.86. The van der Waals surface area contributed by atoms with Crippen molar-refractivity contribution in [2.24, 2.45) is 5.92 Å². The Morgan fingerprint density at radius 2 is 1.71 bits per heavy atom. The molecule has 0 saturated carbocycles. The predicted octanol–water partition coefficient (Wildman–Crippen LogP) is 4.08. The number of nitrogens with one attached hydrogen (secondary N) is 1. The van der Waals surface area contributed by atoms with E-state index < -0.39 is 0 Å². The Bertz CT molecular complexity index is 557. The molecule has 0 saturated heterocycles. The summed E-state index contributed by atoms with van der Waals surface area (Å²) in [4.78, 5) is 2.54. The van der Waals surface area contributed by atoms with Crippen LogP contribution in [0.3, 0.4) is 0 Å². The van der Waals surface area contributed by atoms with Crippen LogP contribution >= 0.6 is 0 Å². The van der Waals surface area contributed by atoms with Gasteiger partial charge in [0.25, 0.3) is 0 Å². The summed E-state index contributed by atoms with van der Waals surface area (Å²) in [5.74, 6) is 0.704. The molecule has 0 amide bonds. The van der Waals surface area contributed by atoms with Crippen molar-refractivity contribution < 1.29 is 0 Å². The van der Waals surface area contributed by atoms with Crippen LogP contribution in [-0.2, 0) is 0 Å². The monoisotopic (exact) mass is 284 g/mol. The van der Waals surface area contributed by atoms with Crippen molar-refractivity contribution in [3.05, 3.63) is 48.0 Å². The minimum atomic E-state index is 0.370. The van der Waals surface area contributed by atoms with Gasteiger partial charge in [-0.3, -0.25) is 0 Å². The highest BCUT2D eigenvalue weighted by Crippen LogP contribution is 2.25. The maximum Gasteiger partial charge on any atom is 0.0453 e. The molecule has 0 aromatic heterocycles.